The molecular weight excluding hydrogens is 304 g/mol. The van der Waals surface area contributed by atoms with Gasteiger partial charge in [-0.25, -0.2) is 0 Å². The van der Waals surface area contributed by atoms with E-state index in [0.717, 1.165) is 6.67 Å². The maximum Gasteiger partial charge on any atom is 0.0721 e. The molecule has 0 bridgehead atoms. The zero-order valence-corrected chi connectivity index (χ0v) is 15.0. The maximum absolute atomic E-state index is 2.81. The summed E-state index contributed by atoms with van der Waals surface area (Å²) in [6, 6.07) is 22.4. The smallest absolute Gasteiger partial charge is 0.0721 e. The molecule has 2 saturated carbocycles. The fourth-order valence-electron chi connectivity index (χ4n) is 5.35. The van der Waals surface area contributed by atoms with Gasteiger partial charge in [-0.15, -0.1) is 0 Å². The molecule has 2 nitrogen and oxygen atoms in total. The van der Waals surface area contributed by atoms with Crippen LogP contribution in [0.1, 0.15) is 50.5 Å². The van der Waals surface area contributed by atoms with Crippen LogP contribution in [-0.4, -0.2) is 23.7 Å². The largest absolute Gasteiger partial charge is 0.352 e. The third kappa shape index (κ3) is 2.50. The SMILES string of the molecule is c1ccc(N2CN(C3(c4ccccc4)CC3)CC23CCCCC3)cc1. The third-order valence-electron chi connectivity index (χ3n) is 6.86. The molecule has 1 saturated heterocycles. The van der Waals surface area contributed by atoms with E-state index < -0.39 is 0 Å². The summed E-state index contributed by atoms with van der Waals surface area (Å²) in [6.07, 6.45) is 9.51. The van der Waals surface area contributed by atoms with Gasteiger partial charge < -0.3 is 4.90 Å². The van der Waals surface area contributed by atoms with Crippen molar-refractivity contribution in [2.24, 2.45) is 0 Å². The van der Waals surface area contributed by atoms with Crippen molar-refractivity contribution in [1.82, 2.24) is 4.90 Å². The van der Waals surface area contributed by atoms with Gasteiger partial charge in [0.05, 0.1) is 12.2 Å². The van der Waals surface area contributed by atoms with Crippen LogP contribution in [0.3, 0.4) is 0 Å². The molecule has 0 radical (unpaired) electrons. The number of hydrogen-bond acceptors (Lipinski definition) is 2. The Kier molecular flexibility index (Phi) is 3.63. The van der Waals surface area contributed by atoms with E-state index in [4.69, 9.17) is 0 Å². The second kappa shape index (κ2) is 5.88. The summed E-state index contributed by atoms with van der Waals surface area (Å²) >= 11 is 0. The second-order valence-electron chi connectivity index (χ2n) is 8.29. The highest BCUT2D eigenvalue weighted by Gasteiger charge is 2.56. The van der Waals surface area contributed by atoms with Crippen molar-refractivity contribution in [2.75, 3.05) is 18.1 Å². The first-order valence-corrected chi connectivity index (χ1v) is 9.96. The van der Waals surface area contributed by atoms with E-state index >= 15 is 0 Å². The molecule has 2 heteroatoms. The molecule has 3 fully saturated rings. The molecule has 0 aromatic heterocycles. The minimum atomic E-state index is 0.301. The van der Waals surface area contributed by atoms with Crippen LogP contribution < -0.4 is 4.90 Å². The summed E-state index contributed by atoms with van der Waals surface area (Å²) in [5, 5.41) is 0. The summed E-state index contributed by atoms with van der Waals surface area (Å²) in [4.78, 5) is 5.55. The van der Waals surface area contributed by atoms with Gasteiger partial charge in [-0.2, -0.15) is 0 Å². The van der Waals surface area contributed by atoms with Crippen molar-refractivity contribution in [3.63, 3.8) is 0 Å². The summed E-state index contributed by atoms with van der Waals surface area (Å²) in [5.41, 5.74) is 3.59. The standard InChI is InChI=1S/C23H28N2/c1-4-10-20(11-5-1)23(16-17-23)24-18-22(14-8-3-9-15-22)25(19-24)21-12-6-2-7-13-21/h1-2,4-7,10-13H,3,8-9,14-19H2. The Balaban J connectivity index is 1.50. The number of benzene rings is 2. The molecule has 1 spiro atoms. The van der Waals surface area contributed by atoms with Gasteiger partial charge in [0.15, 0.2) is 0 Å². The van der Waals surface area contributed by atoms with Gasteiger partial charge >= 0.3 is 0 Å². The lowest BCUT2D eigenvalue weighted by Gasteiger charge is -2.42. The summed E-state index contributed by atoms with van der Waals surface area (Å²) in [7, 11) is 0. The monoisotopic (exact) mass is 332 g/mol. The Morgan fingerprint density at radius 3 is 1.96 bits per heavy atom. The summed E-state index contributed by atoms with van der Waals surface area (Å²) in [5.74, 6) is 0. The second-order valence-corrected chi connectivity index (χ2v) is 8.29. The molecular formula is C23H28N2. The van der Waals surface area contributed by atoms with E-state index in [1.807, 2.05) is 0 Å². The van der Waals surface area contributed by atoms with E-state index in [2.05, 4.69) is 70.5 Å². The van der Waals surface area contributed by atoms with Crippen LogP contribution in [-0.2, 0) is 5.54 Å². The van der Waals surface area contributed by atoms with E-state index in [1.54, 1.807) is 0 Å². The number of nitrogens with zero attached hydrogens (tertiary/aromatic N) is 2. The third-order valence-corrected chi connectivity index (χ3v) is 6.86. The minimum Gasteiger partial charge on any atom is -0.352 e. The molecule has 1 heterocycles. The molecule has 0 atom stereocenters. The van der Waals surface area contributed by atoms with Crippen LogP contribution in [0.15, 0.2) is 60.7 Å². The Morgan fingerprint density at radius 1 is 0.680 bits per heavy atom. The molecule has 0 N–H and O–H groups in total. The van der Waals surface area contributed by atoms with Crippen molar-refractivity contribution in [3.8, 4) is 0 Å². The number of hydrogen-bond donors (Lipinski definition) is 0. The molecule has 2 aromatic rings. The van der Waals surface area contributed by atoms with Gasteiger partial charge in [0.2, 0.25) is 0 Å². The first kappa shape index (κ1) is 15.5. The molecule has 130 valence electrons. The van der Waals surface area contributed by atoms with E-state index in [1.165, 1.54) is 62.7 Å². The first-order valence-electron chi connectivity index (χ1n) is 9.96. The Hall–Kier alpha value is -1.80. The van der Waals surface area contributed by atoms with Gasteiger partial charge in [0.1, 0.15) is 0 Å². The van der Waals surface area contributed by atoms with Crippen LogP contribution in [0.25, 0.3) is 0 Å². The zero-order chi connectivity index (χ0) is 16.7. The summed E-state index contributed by atoms with van der Waals surface area (Å²) in [6.45, 7) is 2.32. The van der Waals surface area contributed by atoms with Gasteiger partial charge in [0.25, 0.3) is 0 Å². The van der Waals surface area contributed by atoms with Crippen LogP contribution >= 0.6 is 0 Å². The molecule has 25 heavy (non-hydrogen) atoms. The predicted molar refractivity (Wildman–Crippen MR) is 104 cm³/mol. The van der Waals surface area contributed by atoms with Gasteiger partial charge in [-0.1, -0.05) is 67.8 Å². The van der Waals surface area contributed by atoms with Crippen molar-refractivity contribution < 1.29 is 0 Å². The van der Waals surface area contributed by atoms with E-state index in [9.17, 15) is 0 Å². The average Bonchev–Trinajstić information content (AvgIpc) is 3.42. The van der Waals surface area contributed by atoms with Crippen molar-refractivity contribution >= 4 is 5.69 Å². The first-order chi connectivity index (χ1) is 12.3. The highest BCUT2D eigenvalue weighted by atomic mass is 15.5. The molecule has 0 amide bonds. The highest BCUT2D eigenvalue weighted by Crippen LogP contribution is 2.55. The van der Waals surface area contributed by atoms with E-state index in [-0.39, 0.29) is 0 Å². The lowest BCUT2D eigenvalue weighted by Crippen LogP contribution is -2.47. The van der Waals surface area contributed by atoms with Crippen LogP contribution in [0.2, 0.25) is 0 Å². The van der Waals surface area contributed by atoms with Gasteiger partial charge in [-0.3, -0.25) is 4.90 Å². The minimum absolute atomic E-state index is 0.301. The Bertz CT molecular complexity index is 714. The van der Waals surface area contributed by atoms with Crippen LogP contribution in [0.5, 0.6) is 0 Å². The zero-order valence-electron chi connectivity index (χ0n) is 15.0. The number of rotatable bonds is 3. The quantitative estimate of drug-likeness (QED) is 0.766. The average molecular weight is 332 g/mol. The fourth-order valence-corrected chi connectivity index (χ4v) is 5.35. The number of anilines is 1. The lowest BCUT2D eigenvalue weighted by atomic mass is 9.80. The molecule has 3 aliphatic rings. The molecule has 1 aliphatic heterocycles. The Morgan fingerprint density at radius 2 is 1.32 bits per heavy atom. The van der Waals surface area contributed by atoms with Crippen molar-refractivity contribution in [2.45, 2.75) is 56.0 Å². The molecule has 2 aliphatic carbocycles. The number of para-hydroxylation sites is 1. The van der Waals surface area contributed by atoms with Crippen LogP contribution in [0.4, 0.5) is 5.69 Å². The maximum atomic E-state index is 2.81. The fraction of sp³-hybridized carbons (Fsp3) is 0.478. The Labute approximate surface area is 151 Å². The normalized spacial score (nSPS) is 24.6. The predicted octanol–water partition coefficient (Wildman–Crippen LogP) is 5.16. The highest BCUT2D eigenvalue weighted by molar-refractivity contribution is 5.51. The van der Waals surface area contributed by atoms with E-state index in [0.29, 0.717) is 11.1 Å². The lowest BCUT2D eigenvalue weighted by molar-refractivity contribution is 0.193. The van der Waals surface area contributed by atoms with Crippen molar-refractivity contribution in [1.29, 1.82) is 0 Å². The van der Waals surface area contributed by atoms with Gasteiger partial charge in [-0.05, 0) is 43.4 Å². The molecule has 2 aromatic carbocycles. The van der Waals surface area contributed by atoms with Crippen LogP contribution in [0, 0.1) is 0 Å². The van der Waals surface area contributed by atoms with Crippen molar-refractivity contribution in [3.05, 3.63) is 66.2 Å². The molecule has 5 rings (SSSR count). The van der Waals surface area contributed by atoms with Gasteiger partial charge in [0, 0.05) is 17.8 Å². The summed E-state index contributed by atoms with van der Waals surface area (Å²) < 4.78 is 0. The topological polar surface area (TPSA) is 6.48 Å². The molecule has 0 unspecified atom stereocenters.